The van der Waals surface area contributed by atoms with E-state index in [9.17, 15) is 4.79 Å². The quantitative estimate of drug-likeness (QED) is 0.894. The van der Waals surface area contributed by atoms with E-state index in [1.807, 2.05) is 0 Å². The van der Waals surface area contributed by atoms with Gasteiger partial charge >= 0.3 is 0 Å². The molecule has 0 bridgehead atoms. The van der Waals surface area contributed by atoms with Gasteiger partial charge in [0.1, 0.15) is 0 Å². The number of carbonyl (C=O) groups excluding carboxylic acids is 1. The van der Waals surface area contributed by atoms with Crippen LogP contribution in [0.15, 0.2) is 22.9 Å². The van der Waals surface area contributed by atoms with Crippen molar-refractivity contribution in [2.45, 2.75) is 31.7 Å². The van der Waals surface area contributed by atoms with E-state index in [4.69, 9.17) is 5.73 Å². The van der Waals surface area contributed by atoms with Gasteiger partial charge in [-0.25, -0.2) is 0 Å². The molecule has 5 heteroatoms. The molecule has 1 atom stereocenters. The van der Waals surface area contributed by atoms with Gasteiger partial charge in [0.05, 0.1) is 5.56 Å². The summed E-state index contributed by atoms with van der Waals surface area (Å²) in [5.74, 6) is 0.435. The molecular weight excluding hydrogens is 294 g/mol. The van der Waals surface area contributed by atoms with E-state index >= 15 is 0 Å². The van der Waals surface area contributed by atoms with Crippen LogP contribution in [0.1, 0.15) is 36.0 Å². The maximum Gasteiger partial charge on any atom is 0.253 e. The Balaban J connectivity index is 2.00. The number of nitrogens with two attached hydrogens (primary N) is 1. The summed E-state index contributed by atoms with van der Waals surface area (Å²) < 4.78 is 0.806. The van der Waals surface area contributed by atoms with Crippen LogP contribution in [0.4, 0.5) is 0 Å². The lowest BCUT2D eigenvalue weighted by Crippen LogP contribution is -2.44. The van der Waals surface area contributed by atoms with Crippen molar-refractivity contribution >= 4 is 21.8 Å². The van der Waals surface area contributed by atoms with Crippen LogP contribution in [0.5, 0.6) is 0 Å². The predicted molar refractivity (Wildman–Crippen MR) is 74.2 cm³/mol. The third-order valence-corrected chi connectivity index (χ3v) is 3.94. The molecule has 1 aliphatic rings. The number of pyridine rings is 1. The first-order valence-corrected chi connectivity index (χ1v) is 7.11. The van der Waals surface area contributed by atoms with Crippen molar-refractivity contribution in [3.8, 4) is 0 Å². The van der Waals surface area contributed by atoms with E-state index in [1.54, 1.807) is 18.5 Å². The third kappa shape index (κ3) is 3.29. The Bertz CT molecular complexity index is 418. The fourth-order valence-electron chi connectivity index (χ4n) is 2.52. The van der Waals surface area contributed by atoms with Crippen LogP contribution >= 0.6 is 15.9 Å². The van der Waals surface area contributed by atoms with Gasteiger partial charge in [-0.3, -0.25) is 9.78 Å². The molecule has 0 aliphatic heterocycles. The zero-order chi connectivity index (χ0) is 13.0. The van der Waals surface area contributed by atoms with Crippen molar-refractivity contribution in [3.63, 3.8) is 0 Å². The van der Waals surface area contributed by atoms with Crippen LogP contribution in [-0.2, 0) is 0 Å². The van der Waals surface area contributed by atoms with E-state index in [2.05, 4.69) is 26.2 Å². The zero-order valence-corrected chi connectivity index (χ0v) is 11.8. The lowest BCUT2D eigenvalue weighted by Gasteiger charge is -2.23. The number of aromatic nitrogens is 1. The number of nitrogens with zero attached hydrogens (tertiary/aromatic N) is 1. The normalized spacial score (nSPS) is 17.7. The van der Waals surface area contributed by atoms with Crippen molar-refractivity contribution in [2.75, 3.05) is 6.54 Å². The lowest BCUT2D eigenvalue weighted by atomic mass is 9.98. The Hall–Kier alpha value is -0.940. The summed E-state index contributed by atoms with van der Waals surface area (Å²) >= 11 is 3.31. The molecule has 1 saturated carbocycles. The zero-order valence-electron chi connectivity index (χ0n) is 10.2. The van der Waals surface area contributed by atoms with Crippen LogP contribution in [-0.4, -0.2) is 23.5 Å². The Kier molecular flexibility index (Phi) is 4.72. The Morgan fingerprint density at radius 1 is 1.50 bits per heavy atom. The smallest absolute Gasteiger partial charge is 0.253 e. The molecule has 0 saturated heterocycles. The van der Waals surface area contributed by atoms with Crippen molar-refractivity contribution in [2.24, 2.45) is 11.7 Å². The largest absolute Gasteiger partial charge is 0.348 e. The van der Waals surface area contributed by atoms with Crippen LogP contribution in [0, 0.1) is 5.92 Å². The highest BCUT2D eigenvalue weighted by atomic mass is 79.9. The Labute approximate surface area is 115 Å². The molecule has 98 valence electrons. The first-order valence-electron chi connectivity index (χ1n) is 6.32. The highest BCUT2D eigenvalue weighted by molar-refractivity contribution is 9.10. The minimum atomic E-state index is -0.0915. The van der Waals surface area contributed by atoms with Crippen LogP contribution < -0.4 is 11.1 Å². The monoisotopic (exact) mass is 311 g/mol. The molecule has 1 amide bonds. The number of hydrogen-bond donors (Lipinski definition) is 2. The lowest BCUT2D eigenvalue weighted by molar-refractivity contribution is 0.0923. The van der Waals surface area contributed by atoms with Gasteiger partial charge in [-0.15, -0.1) is 0 Å². The molecule has 1 fully saturated rings. The van der Waals surface area contributed by atoms with Crippen LogP contribution in [0.3, 0.4) is 0 Å². The molecule has 1 unspecified atom stereocenters. The van der Waals surface area contributed by atoms with Crippen LogP contribution in [0.25, 0.3) is 0 Å². The van der Waals surface area contributed by atoms with Crippen molar-refractivity contribution in [1.82, 2.24) is 10.3 Å². The molecule has 2 rings (SSSR count). The second-order valence-electron chi connectivity index (χ2n) is 4.75. The minimum absolute atomic E-state index is 0.0824. The summed E-state index contributed by atoms with van der Waals surface area (Å²) in [7, 11) is 0. The number of amides is 1. The molecule has 3 N–H and O–H groups in total. The molecule has 1 aromatic rings. The summed E-state index contributed by atoms with van der Waals surface area (Å²) in [5, 5.41) is 3.03. The molecule has 0 radical (unpaired) electrons. The van der Waals surface area contributed by atoms with Crippen molar-refractivity contribution in [1.29, 1.82) is 0 Å². The van der Waals surface area contributed by atoms with Crippen molar-refractivity contribution < 1.29 is 4.79 Å². The highest BCUT2D eigenvalue weighted by Crippen LogP contribution is 2.27. The summed E-state index contributed by atoms with van der Waals surface area (Å²) in [6.45, 7) is 0.498. The molecule has 1 heterocycles. The summed E-state index contributed by atoms with van der Waals surface area (Å²) in [4.78, 5) is 16.1. The van der Waals surface area contributed by atoms with Gasteiger partial charge in [-0.05, 0) is 40.8 Å². The fourth-order valence-corrected chi connectivity index (χ4v) is 2.88. The molecular formula is C13H18BrN3O. The van der Waals surface area contributed by atoms with Gasteiger partial charge in [0.25, 0.3) is 5.91 Å². The Morgan fingerprint density at radius 3 is 2.83 bits per heavy atom. The SMILES string of the molecule is NCC(NC(=O)c1cncc(Br)c1)C1CCCC1. The van der Waals surface area contributed by atoms with Gasteiger partial charge in [0.15, 0.2) is 0 Å². The minimum Gasteiger partial charge on any atom is -0.348 e. The Morgan fingerprint density at radius 2 is 2.22 bits per heavy atom. The number of hydrogen-bond acceptors (Lipinski definition) is 3. The number of carbonyl (C=O) groups is 1. The summed E-state index contributed by atoms with van der Waals surface area (Å²) in [6, 6.07) is 1.85. The van der Waals surface area contributed by atoms with Gasteiger partial charge in [0.2, 0.25) is 0 Å². The number of nitrogens with one attached hydrogen (secondary N) is 1. The third-order valence-electron chi connectivity index (χ3n) is 3.51. The van der Waals surface area contributed by atoms with E-state index in [0.717, 1.165) is 4.47 Å². The molecule has 4 nitrogen and oxygen atoms in total. The van der Waals surface area contributed by atoms with Gasteiger partial charge in [0, 0.05) is 29.5 Å². The number of rotatable bonds is 4. The standard InChI is InChI=1S/C13H18BrN3O/c14-11-5-10(7-16-8-11)13(18)17-12(6-15)9-3-1-2-4-9/h5,7-9,12H,1-4,6,15H2,(H,17,18). The second kappa shape index (κ2) is 6.29. The van der Waals surface area contributed by atoms with Crippen molar-refractivity contribution in [3.05, 3.63) is 28.5 Å². The van der Waals surface area contributed by atoms with Gasteiger partial charge in [-0.1, -0.05) is 12.8 Å². The topological polar surface area (TPSA) is 68.0 Å². The average molecular weight is 312 g/mol. The summed E-state index contributed by atoms with van der Waals surface area (Å²) in [5.41, 5.74) is 6.34. The maximum absolute atomic E-state index is 12.1. The maximum atomic E-state index is 12.1. The fraction of sp³-hybridized carbons (Fsp3) is 0.538. The van der Waals surface area contributed by atoms with E-state index in [-0.39, 0.29) is 11.9 Å². The molecule has 1 aromatic heterocycles. The highest BCUT2D eigenvalue weighted by Gasteiger charge is 2.25. The second-order valence-corrected chi connectivity index (χ2v) is 5.67. The first kappa shape index (κ1) is 13.5. The van der Waals surface area contributed by atoms with E-state index in [1.165, 1.54) is 25.7 Å². The molecule has 1 aliphatic carbocycles. The van der Waals surface area contributed by atoms with Gasteiger partial charge in [-0.2, -0.15) is 0 Å². The van der Waals surface area contributed by atoms with Crippen LogP contribution in [0.2, 0.25) is 0 Å². The van der Waals surface area contributed by atoms with E-state index < -0.39 is 0 Å². The predicted octanol–water partition coefficient (Wildman–Crippen LogP) is 2.09. The number of halogens is 1. The molecule has 18 heavy (non-hydrogen) atoms. The first-order chi connectivity index (χ1) is 8.70. The summed E-state index contributed by atoms with van der Waals surface area (Å²) in [6.07, 6.45) is 8.05. The molecule has 0 spiro atoms. The van der Waals surface area contributed by atoms with E-state index in [0.29, 0.717) is 18.0 Å². The molecule has 0 aromatic carbocycles. The average Bonchev–Trinajstić information content (AvgIpc) is 2.89. The van der Waals surface area contributed by atoms with Gasteiger partial charge < -0.3 is 11.1 Å².